The molecule has 0 aromatic carbocycles. The van der Waals surface area contributed by atoms with Crippen LogP contribution in [0.3, 0.4) is 0 Å². The highest BCUT2D eigenvalue weighted by molar-refractivity contribution is 8.01. The zero-order valence-corrected chi connectivity index (χ0v) is 10.1. The maximum absolute atomic E-state index is 12.0. The van der Waals surface area contributed by atoms with Gasteiger partial charge >= 0.3 is 0 Å². The molecule has 16 heavy (non-hydrogen) atoms. The van der Waals surface area contributed by atoms with Crippen molar-refractivity contribution in [1.29, 1.82) is 0 Å². The van der Waals surface area contributed by atoms with Gasteiger partial charge in [0.2, 0.25) is 5.78 Å². The van der Waals surface area contributed by atoms with E-state index in [-0.39, 0.29) is 22.4 Å². The molecule has 2 bridgehead atoms. The molecule has 3 heterocycles. The smallest absolute Gasteiger partial charge is 0.213 e. The normalized spacial score (nSPS) is 43.8. The molecule has 3 aliphatic heterocycles. The van der Waals surface area contributed by atoms with Crippen LogP contribution in [0.15, 0.2) is 0 Å². The molecule has 3 nitrogen and oxygen atoms in total. The predicted molar refractivity (Wildman–Crippen MR) is 63.6 cm³/mol. The van der Waals surface area contributed by atoms with Crippen LogP contribution >= 0.6 is 11.8 Å². The van der Waals surface area contributed by atoms with Crippen LogP contribution in [0.2, 0.25) is 0 Å². The second kappa shape index (κ2) is 3.84. The standard InChI is InChI=1S/C12H17NO2S/c14-9-4-7-16-11(10(9)15)12-5-1-2-8(13-12)3-6-12/h8,11,13H,1-7H2. The van der Waals surface area contributed by atoms with Crippen LogP contribution in [0, 0.1) is 0 Å². The highest BCUT2D eigenvalue weighted by Crippen LogP contribution is 2.43. The quantitative estimate of drug-likeness (QED) is 0.701. The van der Waals surface area contributed by atoms with Gasteiger partial charge in [0.25, 0.3) is 0 Å². The lowest BCUT2D eigenvalue weighted by atomic mass is 9.83. The zero-order valence-electron chi connectivity index (χ0n) is 9.33. The summed E-state index contributed by atoms with van der Waals surface area (Å²) in [6.07, 6.45) is 6.21. The molecule has 3 rings (SSSR count). The second-order valence-corrected chi connectivity index (χ2v) is 6.43. The Bertz CT molecular complexity index is 340. The second-order valence-electron chi connectivity index (χ2n) is 5.22. The van der Waals surface area contributed by atoms with E-state index in [0.29, 0.717) is 12.5 Å². The molecule has 3 saturated heterocycles. The predicted octanol–water partition coefficient (Wildman–Crippen LogP) is 1.30. The summed E-state index contributed by atoms with van der Waals surface area (Å²) < 4.78 is 0. The van der Waals surface area contributed by atoms with Crippen LogP contribution in [0.4, 0.5) is 0 Å². The summed E-state index contributed by atoms with van der Waals surface area (Å²) in [7, 11) is 0. The number of fused-ring (bicyclic) bond motifs is 2. The number of hydrogen-bond donors (Lipinski definition) is 1. The number of nitrogens with one attached hydrogen (secondary N) is 1. The average molecular weight is 239 g/mol. The van der Waals surface area contributed by atoms with E-state index < -0.39 is 0 Å². The summed E-state index contributed by atoms with van der Waals surface area (Å²) in [6.45, 7) is 0. The van der Waals surface area contributed by atoms with Crippen molar-refractivity contribution in [2.75, 3.05) is 5.75 Å². The Hall–Kier alpha value is -0.350. The number of thioether (sulfide) groups is 1. The number of rotatable bonds is 1. The highest BCUT2D eigenvalue weighted by atomic mass is 32.2. The van der Waals surface area contributed by atoms with Crippen LogP contribution in [0.25, 0.3) is 0 Å². The minimum atomic E-state index is -0.144. The minimum Gasteiger partial charge on any atom is -0.307 e. The van der Waals surface area contributed by atoms with Crippen molar-refractivity contribution in [1.82, 2.24) is 5.32 Å². The van der Waals surface area contributed by atoms with Crippen LogP contribution < -0.4 is 5.32 Å². The van der Waals surface area contributed by atoms with Gasteiger partial charge in [0.15, 0.2) is 5.78 Å². The Labute approximate surface area is 99.7 Å². The molecule has 0 saturated carbocycles. The first-order valence-corrected chi connectivity index (χ1v) is 7.22. The molecule has 0 spiro atoms. The zero-order chi connectivity index (χ0) is 11.2. The van der Waals surface area contributed by atoms with Gasteiger partial charge in [-0.1, -0.05) is 6.42 Å². The number of carbonyl (C=O) groups is 2. The van der Waals surface area contributed by atoms with E-state index >= 15 is 0 Å². The van der Waals surface area contributed by atoms with Crippen molar-refractivity contribution < 1.29 is 9.59 Å². The summed E-state index contributed by atoms with van der Waals surface area (Å²) in [4.78, 5) is 23.5. The molecule has 3 unspecified atom stereocenters. The minimum absolute atomic E-state index is 0.0409. The number of carbonyl (C=O) groups excluding carboxylic acids is 2. The lowest BCUT2D eigenvalue weighted by molar-refractivity contribution is -0.137. The summed E-state index contributed by atoms with van der Waals surface area (Å²) in [5.74, 6) is 0.559. The molecule has 0 aromatic heterocycles. The lowest BCUT2D eigenvalue weighted by Gasteiger charge is -2.41. The molecule has 0 aromatic rings. The van der Waals surface area contributed by atoms with Gasteiger partial charge in [-0.25, -0.2) is 0 Å². The van der Waals surface area contributed by atoms with Crippen LogP contribution in [-0.2, 0) is 9.59 Å². The average Bonchev–Trinajstić information content (AvgIpc) is 2.59. The molecule has 1 N–H and O–H groups in total. The topological polar surface area (TPSA) is 46.2 Å². The largest absolute Gasteiger partial charge is 0.307 e. The fraction of sp³-hybridized carbons (Fsp3) is 0.833. The number of Topliss-reactive ketones (excluding diaryl/α,β-unsaturated/α-hetero) is 2. The molecular formula is C12H17NO2S. The van der Waals surface area contributed by atoms with Gasteiger partial charge in [-0.05, 0) is 25.7 Å². The van der Waals surface area contributed by atoms with E-state index in [1.54, 1.807) is 11.8 Å². The summed E-state index contributed by atoms with van der Waals surface area (Å²) >= 11 is 1.70. The Morgan fingerprint density at radius 1 is 1.25 bits per heavy atom. The highest BCUT2D eigenvalue weighted by Gasteiger charge is 2.51. The monoisotopic (exact) mass is 239 g/mol. The van der Waals surface area contributed by atoms with Crippen LogP contribution in [0.5, 0.6) is 0 Å². The van der Waals surface area contributed by atoms with Crippen molar-refractivity contribution in [3.8, 4) is 0 Å². The molecular weight excluding hydrogens is 222 g/mol. The Morgan fingerprint density at radius 2 is 2.12 bits per heavy atom. The maximum Gasteiger partial charge on any atom is 0.213 e. The Kier molecular flexibility index (Phi) is 2.59. The molecule has 0 amide bonds. The van der Waals surface area contributed by atoms with Crippen molar-refractivity contribution >= 4 is 23.3 Å². The fourth-order valence-corrected chi connectivity index (χ4v) is 4.87. The lowest BCUT2D eigenvalue weighted by Crippen LogP contribution is -2.58. The van der Waals surface area contributed by atoms with Crippen molar-refractivity contribution in [3.63, 3.8) is 0 Å². The first kappa shape index (κ1) is 10.8. The van der Waals surface area contributed by atoms with Crippen molar-refractivity contribution in [2.24, 2.45) is 0 Å². The summed E-state index contributed by atoms with van der Waals surface area (Å²) in [5, 5.41) is 3.53. The van der Waals surface area contributed by atoms with E-state index in [2.05, 4.69) is 5.32 Å². The van der Waals surface area contributed by atoms with Gasteiger partial charge < -0.3 is 5.32 Å². The number of hydrogen-bond acceptors (Lipinski definition) is 4. The Balaban J connectivity index is 1.85. The van der Waals surface area contributed by atoms with Crippen molar-refractivity contribution in [3.05, 3.63) is 0 Å². The van der Waals surface area contributed by atoms with E-state index in [9.17, 15) is 9.59 Å². The van der Waals surface area contributed by atoms with Crippen molar-refractivity contribution in [2.45, 2.75) is 55.4 Å². The molecule has 0 aliphatic carbocycles. The van der Waals surface area contributed by atoms with E-state index in [1.165, 1.54) is 19.3 Å². The van der Waals surface area contributed by atoms with E-state index in [0.717, 1.165) is 18.6 Å². The summed E-state index contributed by atoms with van der Waals surface area (Å²) in [5.41, 5.74) is -0.0409. The summed E-state index contributed by atoms with van der Waals surface area (Å²) in [6, 6.07) is 0.596. The third kappa shape index (κ3) is 1.54. The molecule has 3 aliphatic rings. The van der Waals surface area contributed by atoms with Gasteiger partial charge in [-0.15, -0.1) is 11.8 Å². The van der Waals surface area contributed by atoms with Gasteiger partial charge in [0, 0.05) is 23.8 Å². The SMILES string of the molecule is O=C1CCSC(C23CCCC(CC2)N3)C1=O. The molecule has 0 radical (unpaired) electrons. The first-order valence-electron chi connectivity index (χ1n) is 6.18. The Morgan fingerprint density at radius 3 is 3.00 bits per heavy atom. The fourth-order valence-electron chi connectivity index (χ4n) is 3.42. The molecule has 3 atom stereocenters. The van der Waals surface area contributed by atoms with E-state index in [1.807, 2.05) is 0 Å². The van der Waals surface area contributed by atoms with Gasteiger partial charge in [-0.2, -0.15) is 0 Å². The van der Waals surface area contributed by atoms with Crippen LogP contribution in [0.1, 0.15) is 38.5 Å². The third-order valence-electron chi connectivity index (χ3n) is 4.23. The third-order valence-corrected chi connectivity index (χ3v) is 5.67. The van der Waals surface area contributed by atoms with Gasteiger partial charge in [-0.3, -0.25) is 9.59 Å². The number of ketones is 2. The van der Waals surface area contributed by atoms with E-state index in [4.69, 9.17) is 0 Å². The van der Waals surface area contributed by atoms with Gasteiger partial charge in [0.1, 0.15) is 0 Å². The first-order chi connectivity index (χ1) is 7.71. The molecule has 4 heteroatoms. The van der Waals surface area contributed by atoms with Gasteiger partial charge in [0.05, 0.1) is 5.25 Å². The van der Waals surface area contributed by atoms with Crippen LogP contribution in [-0.4, -0.2) is 34.2 Å². The number of piperidine rings is 1. The maximum atomic E-state index is 12.0. The molecule has 88 valence electrons. The molecule has 3 fully saturated rings.